The first kappa shape index (κ1) is 17.8. The van der Waals surface area contributed by atoms with E-state index in [1.165, 1.54) is 6.92 Å². The van der Waals surface area contributed by atoms with Gasteiger partial charge < -0.3 is 9.47 Å². The summed E-state index contributed by atoms with van der Waals surface area (Å²) in [5, 5.41) is 0. The zero-order valence-electron chi connectivity index (χ0n) is 13.3. The normalized spacial score (nSPS) is 12.1. The molecule has 0 fully saturated rings. The molecule has 0 aromatic heterocycles. The molecule has 0 spiro atoms. The summed E-state index contributed by atoms with van der Waals surface area (Å²) in [6.07, 6.45) is 5.69. The van der Waals surface area contributed by atoms with E-state index >= 15 is 0 Å². The van der Waals surface area contributed by atoms with Crippen LogP contribution in [0, 0.1) is 17.8 Å². The van der Waals surface area contributed by atoms with Crippen LogP contribution in [0.4, 0.5) is 0 Å². The molecule has 1 aromatic rings. The maximum atomic E-state index is 12.5. The highest BCUT2D eigenvalue weighted by molar-refractivity contribution is 6.00. The number of hydrogen-bond donors (Lipinski definition) is 0. The minimum Gasteiger partial charge on any atom is -0.465 e. The molecule has 0 radical (unpaired) electrons. The van der Waals surface area contributed by atoms with Crippen molar-refractivity contribution in [3.8, 4) is 12.3 Å². The zero-order chi connectivity index (χ0) is 16.6. The molecule has 22 heavy (non-hydrogen) atoms. The van der Waals surface area contributed by atoms with E-state index in [1.807, 2.05) is 30.3 Å². The number of terminal acetylenes is 1. The molecule has 0 aliphatic rings. The summed E-state index contributed by atoms with van der Waals surface area (Å²) >= 11 is 0. The third-order valence-electron chi connectivity index (χ3n) is 3.62. The van der Waals surface area contributed by atoms with E-state index in [0.717, 1.165) is 5.56 Å². The predicted octanol–water partition coefficient (Wildman–Crippen LogP) is 2.93. The summed E-state index contributed by atoms with van der Waals surface area (Å²) in [5.74, 6) is 0.821. The van der Waals surface area contributed by atoms with Crippen LogP contribution in [0.25, 0.3) is 0 Å². The van der Waals surface area contributed by atoms with Gasteiger partial charge in [-0.1, -0.05) is 30.3 Å². The van der Waals surface area contributed by atoms with Gasteiger partial charge in [-0.25, -0.2) is 0 Å². The Kier molecular flexibility index (Phi) is 6.65. The Hall–Kier alpha value is -2.28. The second-order valence-electron chi connectivity index (χ2n) is 5.01. The molecule has 0 bridgehead atoms. The van der Waals surface area contributed by atoms with Gasteiger partial charge in [0.1, 0.15) is 0 Å². The van der Waals surface area contributed by atoms with E-state index in [0.29, 0.717) is 0 Å². The maximum Gasteiger partial charge on any atom is 0.323 e. The molecule has 0 heterocycles. The van der Waals surface area contributed by atoms with Gasteiger partial charge in [0.2, 0.25) is 0 Å². The number of hydrogen-bond acceptors (Lipinski definition) is 4. The van der Waals surface area contributed by atoms with Crippen molar-refractivity contribution in [1.82, 2.24) is 0 Å². The lowest BCUT2D eigenvalue weighted by Gasteiger charge is -2.32. The second-order valence-corrected chi connectivity index (χ2v) is 5.01. The van der Waals surface area contributed by atoms with E-state index in [9.17, 15) is 9.59 Å². The Bertz CT molecular complexity index is 524. The smallest absolute Gasteiger partial charge is 0.323 e. The molecule has 0 aliphatic heterocycles. The van der Waals surface area contributed by atoms with Crippen LogP contribution in [-0.4, -0.2) is 25.2 Å². The van der Waals surface area contributed by atoms with Crippen molar-refractivity contribution in [1.29, 1.82) is 0 Å². The number of rotatable bonds is 7. The fourth-order valence-corrected chi connectivity index (χ4v) is 2.39. The van der Waals surface area contributed by atoms with E-state index < -0.39 is 23.3 Å². The van der Waals surface area contributed by atoms with Crippen molar-refractivity contribution in [2.45, 2.75) is 33.1 Å². The number of esters is 2. The van der Waals surface area contributed by atoms with Crippen LogP contribution in [0.3, 0.4) is 0 Å². The lowest BCUT2D eigenvalue weighted by Crippen LogP contribution is -2.44. The number of carbonyl (C=O) groups is 2. The first-order valence-corrected chi connectivity index (χ1v) is 7.35. The monoisotopic (exact) mass is 302 g/mol. The lowest BCUT2D eigenvalue weighted by molar-refractivity contribution is -0.172. The average molecular weight is 302 g/mol. The fraction of sp³-hybridized carbons (Fsp3) is 0.444. The Morgan fingerprint density at radius 1 is 1.14 bits per heavy atom. The van der Waals surface area contributed by atoms with Crippen molar-refractivity contribution < 1.29 is 19.1 Å². The molecular weight excluding hydrogens is 280 g/mol. The Balaban J connectivity index is 3.34. The van der Waals surface area contributed by atoms with Crippen molar-refractivity contribution >= 4 is 11.9 Å². The minimum atomic E-state index is -1.47. The van der Waals surface area contributed by atoms with Gasteiger partial charge in [0.15, 0.2) is 5.41 Å². The van der Waals surface area contributed by atoms with Crippen LogP contribution in [0.15, 0.2) is 30.3 Å². The predicted molar refractivity (Wildman–Crippen MR) is 84.0 cm³/mol. The summed E-state index contributed by atoms with van der Waals surface area (Å²) in [5.41, 5.74) is -0.663. The van der Waals surface area contributed by atoms with Crippen molar-refractivity contribution in [3.05, 3.63) is 35.9 Å². The van der Waals surface area contributed by atoms with Gasteiger partial charge in [0.05, 0.1) is 13.2 Å². The van der Waals surface area contributed by atoms with Crippen LogP contribution in [0.2, 0.25) is 0 Å². The molecule has 4 heteroatoms. The highest BCUT2D eigenvalue weighted by atomic mass is 16.6. The molecule has 1 aromatic carbocycles. The SMILES string of the molecule is C#CCC(c1ccccc1)C(C)(C(=O)OCC)C(=O)OCC. The van der Waals surface area contributed by atoms with Crippen molar-refractivity contribution in [2.24, 2.45) is 5.41 Å². The highest BCUT2D eigenvalue weighted by Crippen LogP contribution is 2.40. The number of carbonyl (C=O) groups excluding carboxylic acids is 2. The molecule has 118 valence electrons. The first-order valence-electron chi connectivity index (χ1n) is 7.35. The quantitative estimate of drug-likeness (QED) is 0.441. The fourth-order valence-electron chi connectivity index (χ4n) is 2.39. The number of ether oxygens (including phenoxy) is 2. The van der Waals surface area contributed by atoms with Gasteiger partial charge in [-0.05, 0) is 26.3 Å². The zero-order valence-corrected chi connectivity index (χ0v) is 13.3. The summed E-state index contributed by atoms with van der Waals surface area (Å²) in [6, 6.07) is 9.24. The third kappa shape index (κ3) is 3.67. The van der Waals surface area contributed by atoms with E-state index in [4.69, 9.17) is 15.9 Å². The third-order valence-corrected chi connectivity index (χ3v) is 3.62. The van der Waals surface area contributed by atoms with E-state index in [-0.39, 0.29) is 19.6 Å². The Morgan fingerprint density at radius 3 is 2.05 bits per heavy atom. The molecule has 0 saturated heterocycles. The summed E-state index contributed by atoms with van der Waals surface area (Å²) in [7, 11) is 0. The van der Waals surface area contributed by atoms with E-state index in [2.05, 4.69) is 5.92 Å². The molecule has 0 saturated carbocycles. The first-order chi connectivity index (χ1) is 10.5. The summed E-state index contributed by atoms with van der Waals surface area (Å²) < 4.78 is 10.2. The maximum absolute atomic E-state index is 12.5. The van der Waals surface area contributed by atoms with Crippen LogP contribution >= 0.6 is 0 Å². The van der Waals surface area contributed by atoms with E-state index in [1.54, 1.807) is 13.8 Å². The van der Waals surface area contributed by atoms with Crippen LogP contribution in [-0.2, 0) is 19.1 Å². The lowest BCUT2D eigenvalue weighted by atomic mass is 9.71. The minimum absolute atomic E-state index is 0.186. The molecule has 1 rings (SSSR count). The van der Waals surface area contributed by atoms with Gasteiger partial charge >= 0.3 is 11.9 Å². The van der Waals surface area contributed by atoms with Gasteiger partial charge in [-0.2, -0.15) is 0 Å². The van der Waals surface area contributed by atoms with Crippen LogP contribution in [0.5, 0.6) is 0 Å². The largest absolute Gasteiger partial charge is 0.465 e. The van der Waals surface area contributed by atoms with Gasteiger partial charge in [-0.3, -0.25) is 9.59 Å². The topological polar surface area (TPSA) is 52.6 Å². The Labute approximate surface area is 131 Å². The molecule has 1 atom stereocenters. The average Bonchev–Trinajstić information content (AvgIpc) is 2.53. The van der Waals surface area contributed by atoms with Crippen LogP contribution in [0.1, 0.15) is 38.7 Å². The molecule has 0 aliphatic carbocycles. The molecule has 1 unspecified atom stereocenters. The molecule has 4 nitrogen and oxygen atoms in total. The standard InChI is InChI=1S/C18H22O4/c1-5-11-15(14-12-9-8-10-13-14)18(4,16(19)21-6-2)17(20)22-7-3/h1,8-10,12-13,15H,6-7,11H2,2-4H3. The van der Waals surface area contributed by atoms with Crippen LogP contribution < -0.4 is 0 Å². The molecule has 0 amide bonds. The number of benzene rings is 1. The second kappa shape index (κ2) is 8.23. The summed E-state index contributed by atoms with van der Waals surface area (Å²) in [6.45, 7) is 5.30. The Morgan fingerprint density at radius 2 is 1.64 bits per heavy atom. The van der Waals surface area contributed by atoms with Crippen molar-refractivity contribution in [3.63, 3.8) is 0 Å². The molecule has 0 N–H and O–H groups in total. The summed E-state index contributed by atoms with van der Waals surface area (Å²) in [4.78, 5) is 25.0. The van der Waals surface area contributed by atoms with Gasteiger partial charge in [-0.15, -0.1) is 12.3 Å². The molecular formula is C18H22O4. The van der Waals surface area contributed by atoms with Gasteiger partial charge in [0.25, 0.3) is 0 Å². The van der Waals surface area contributed by atoms with Crippen molar-refractivity contribution in [2.75, 3.05) is 13.2 Å². The highest BCUT2D eigenvalue weighted by Gasteiger charge is 2.51. The van der Waals surface area contributed by atoms with Gasteiger partial charge in [0, 0.05) is 12.3 Å².